The summed E-state index contributed by atoms with van der Waals surface area (Å²) in [5.41, 5.74) is 4.52. The number of anilines is 1. The number of nitrogens with zero attached hydrogens (tertiary/aromatic N) is 3. The first-order valence-electron chi connectivity index (χ1n) is 6.30. The summed E-state index contributed by atoms with van der Waals surface area (Å²) in [6.45, 7) is 4.80. The van der Waals surface area contributed by atoms with Crippen LogP contribution < -0.4 is 5.32 Å². The topological polar surface area (TPSA) is 66.5 Å². The number of rotatable bonds is 4. The second-order valence-corrected chi connectivity index (χ2v) is 4.88. The van der Waals surface area contributed by atoms with E-state index in [0.717, 1.165) is 22.9 Å². The lowest BCUT2D eigenvalue weighted by molar-refractivity contribution is 0.944. The van der Waals surface area contributed by atoms with Gasteiger partial charge in [-0.2, -0.15) is 5.10 Å². The van der Waals surface area contributed by atoms with Crippen molar-refractivity contribution in [3.8, 4) is 0 Å². The summed E-state index contributed by atoms with van der Waals surface area (Å²) >= 11 is 0. The van der Waals surface area contributed by atoms with Crippen LogP contribution >= 0.6 is 0 Å². The van der Waals surface area contributed by atoms with Crippen molar-refractivity contribution in [3.63, 3.8) is 0 Å². The summed E-state index contributed by atoms with van der Waals surface area (Å²) in [6, 6.07) is 2.05. The fraction of sp³-hybridized carbons (Fsp3) is 0.462. The smallest absolute Gasteiger partial charge is 0.129 e. The third-order valence-corrected chi connectivity index (χ3v) is 3.47. The van der Waals surface area contributed by atoms with Crippen molar-refractivity contribution in [2.75, 3.05) is 5.32 Å². The summed E-state index contributed by atoms with van der Waals surface area (Å²) in [6.07, 6.45) is 4.15. The molecule has 3 rings (SSSR count). The number of H-pyrrole nitrogens is 1. The molecule has 5 heteroatoms. The average molecular weight is 243 g/mol. The monoisotopic (exact) mass is 243 g/mol. The van der Waals surface area contributed by atoms with Gasteiger partial charge in [0.1, 0.15) is 12.1 Å². The third-order valence-electron chi connectivity index (χ3n) is 3.47. The maximum atomic E-state index is 4.31. The highest BCUT2D eigenvalue weighted by Crippen LogP contribution is 2.39. The van der Waals surface area contributed by atoms with Gasteiger partial charge in [-0.25, -0.2) is 9.97 Å². The molecule has 2 N–H and O–H groups in total. The van der Waals surface area contributed by atoms with E-state index < -0.39 is 0 Å². The van der Waals surface area contributed by atoms with Crippen LogP contribution in [-0.4, -0.2) is 20.2 Å². The van der Waals surface area contributed by atoms with Crippen molar-refractivity contribution in [1.82, 2.24) is 20.2 Å². The molecule has 0 atom stereocenters. The summed E-state index contributed by atoms with van der Waals surface area (Å²) in [5, 5.41) is 10.6. The molecule has 0 amide bonds. The van der Waals surface area contributed by atoms with E-state index in [2.05, 4.69) is 32.4 Å². The van der Waals surface area contributed by atoms with E-state index in [1.165, 1.54) is 18.4 Å². The molecule has 0 saturated heterocycles. The Morgan fingerprint density at radius 2 is 2.17 bits per heavy atom. The van der Waals surface area contributed by atoms with Crippen LogP contribution in [0.4, 0.5) is 5.82 Å². The minimum Gasteiger partial charge on any atom is -0.364 e. The molecule has 5 nitrogen and oxygen atoms in total. The summed E-state index contributed by atoms with van der Waals surface area (Å²) in [4.78, 5) is 8.55. The van der Waals surface area contributed by atoms with E-state index in [1.54, 1.807) is 6.33 Å². The predicted octanol–water partition coefficient (Wildman–Crippen LogP) is 2.31. The van der Waals surface area contributed by atoms with Crippen molar-refractivity contribution in [2.24, 2.45) is 0 Å². The van der Waals surface area contributed by atoms with Crippen LogP contribution in [-0.2, 0) is 6.54 Å². The molecule has 94 valence electrons. The fourth-order valence-electron chi connectivity index (χ4n) is 1.95. The Labute approximate surface area is 106 Å². The second-order valence-electron chi connectivity index (χ2n) is 4.88. The Balaban J connectivity index is 1.69. The standard InChI is InChI=1S/C13H17N5/c1-8-9(2)17-18-12(8)6-14-13-5-11(10-3-4-10)15-7-16-13/h5,7,10H,3-4,6H2,1-2H3,(H,17,18)(H,14,15,16). The van der Waals surface area contributed by atoms with Gasteiger partial charge in [-0.3, -0.25) is 5.10 Å². The van der Waals surface area contributed by atoms with Gasteiger partial charge in [0.2, 0.25) is 0 Å². The minimum atomic E-state index is 0.655. The van der Waals surface area contributed by atoms with Crippen LogP contribution in [0.1, 0.15) is 41.4 Å². The van der Waals surface area contributed by atoms with Crippen molar-refractivity contribution in [3.05, 3.63) is 35.0 Å². The zero-order valence-electron chi connectivity index (χ0n) is 10.7. The lowest BCUT2D eigenvalue weighted by atomic mass is 10.2. The minimum absolute atomic E-state index is 0.655. The van der Waals surface area contributed by atoms with Gasteiger partial charge in [0, 0.05) is 23.4 Å². The molecule has 1 aliphatic carbocycles. The maximum Gasteiger partial charge on any atom is 0.129 e. The van der Waals surface area contributed by atoms with Crippen LogP contribution in [0.25, 0.3) is 0 Å². The van der Waals surface area contributed by atoms with Crippen molar-refractivity contribution >= 4 is 5.82 Å². The Morgan fingerprint density at radius 3 is 2.83 bits per heavy atom. The Bertz CT molecular complexity index is 556. The van der Waals surface area contributed by atoms with Crippen molar-refractivity contribution < 1.29 is 0 Å². The summed E-state index contributed by atoms with van der Waals surface area (Å²) < 4.78 is 0. The van der Waals surface area contributed by atoms with E-state index in [9.17, 15) is 0 Å². The summed E-state index contributed by atoms with van der Waals surface area (Å²) in [7, 11) is 0. The maximum absolute atomic E-state index is 4.31. The molecule has 0 aliphatic heterocycles. The van der Waals surface area contributed by atoms with E-state index in [4.69, 9.17) is 0 Å². The second kappa shape index (κ2) is 4.40. The zero-order chi connectivity index (χ0) is 12.5. The Kier molecular flexibility index (Phi) is 2.74. The van der Waals surface area contributed by atoms with Crippen LogP contribution in [0.3, 0.4) is 0 Å². The molecule has 1 saturated carbocycles. The molecule has 2 aromatic rings. The van der Waals surface area contributed by atoms with Crippen molar-refractivity contribution in [2.45, 2.75) is 39.2 Å². The molecule has 0 unspecified atom stereocenters. The first-order chi connectivity index (χ1) is 8.74. The van der Waals surface area contributed by atoms with Crippen LogP contribution in [0.5, 0.6) is 0 Å². The number of aryl methyl sites for hydroxylation is 1. The van der Waals surface area contributed by atoms with Gasteiger partial charge < -0.3 is 5.32 Å². The number of hydrogen-bond acceptors (Lipinski definition) is 4. The summed E-state index contributed by atoms with van der Waals surface area (Å²) in [5.74, 6) is 1.54. The first-order valence-corrected chi connectivity index (χ1v) is 6.30. The van der Waals surface area contributed by atoms with E-state index in [0.29, 0.717) is 12.5 Å². The normalized spacial score (nSPS) is 14.8. The van der Waals surface area contributed by atoms with Gasteiger partial charge in [-0.1, -0.05) is 0 Å². The molecule has 0 spiro atoms. The third kappa shape index (κ3) is 2.20. The van der Waals surface area contributed by atoms with Crippen LogP contribution in [0.15, 0.2) is 12.4 Å². The fourth-order valence-corrected chi connectivity index (χ4v) is 1.95. The molecule has 0 bridgehead atoms. The Hall–Kier alpha value is -1.91. The number of aromatic amines is 1. The van der Waals surface area contributed by atoms with E-state index in [1.807, 2.05) is 13.0 Å². The van der Waals surface area contributed by atoms with Crippen LogP contribution in [0.2, 0.25) is 0 Å². The van der Waals surface area contributed by atoms with Gasteiger partial charge >= 0.3 is 0 Å². The number of hydrogen-bond donors (Lipinski definition) is 2. The molecule has 2 heterocycles. The van der Waals surface area contributed by atoms with Crippen molar-refractivity contribution in [1.29, 1.82) is 0 Å². The molecule has 0 radical (unpaired) electrons. The first kappa shape index (κ1) is 11.2. The highest BCUT2D eigenvalue weighted by molar-refractivity contribution is 5.38. The van der Waals surface area contributed by atoms with Gasteiger partial charge in [-0.15, -0.1) is 0 Å². The molecule has 18 heavy (non-hydrogen) atoms. The van der Waals surface area contributed by atoms with E-state index >= 15 is 0 Å². The molecule has 1 fully saturated rings. The molecular formula is C13H17N5. The molecular weight excluding hydrogens is 226 g/mol. The van der Waals surface area contributed by atoms with Gasteiger partial charge in [-0.05, 0) is 32.3 Å². The number of aromatic nitrogens is 4. The van der Waals surface area contributed by atoms with Gasteiger partial charge in [0.05, 0.1) is 12.2 Å². The van der Waals surface area contributed by atoms with Gasteiger partial charge in [0.15, 0.2) is 0 Å². The number of nitrogens with one attached hydrogen (secondary N) is 2. The zero-order valence-corrected chi connectivity index (χ0v) is 10.7. The largest absolute Gasteiger partial charge is 0.364 e. The SMILES string of the molecule is Cc1[nH]nc(CNc2cc(C3CC3)ncn2)c1C. The predicted molar refractivity (Wildman–Crippen MR) is 69.4 cm³/mol. The van der Waals surface area contributed by atoms with Crippen LogP contribution in [0, 0.1) is 13.8 Å². The molecule has 0 aromatic carbocycles. The highest BCUT2D eigenvalue weighted by atomic mass is 15.1. The van der Waals surface area contributed by atoms with Gasteiger partial charge in [0.25, 0.3) is 0 Å². The van der Waals surface area contributed by atoms with E-state index in [-0.39, 0.29) is 0 Å². The Morgan fingerprint density at radius 1 is 1.33 bits per heavy atom. The molecule has 1 aliphatic rings. The lowest BCUT2D eigenvalue weighted by Gasteiger charge is -2.05. The highest BCUT2D eigenvalue weighted by Gasteiger charge is 2.25. The average Bonchev–Trinajstić information content (AvgIpc) is 3.18. The lowest BCUT2D eigenvalue weighted by Crippen LogP contribution is -2.04. The quantitative estimate of drug-likeness (QED) is 0.864. The molecule has 2 aromatic heterocycles.